The van der Waals surface area contributed by atoms with E-state index in [9.17, 15) is 9.59 Å². The van der Waals surface area contributed by atoms with Crippen LogP contribution < -0.4 is 16.5 Å². The van der Waals surface area contributed by atoms with Crippen LogP contribution in [0.2, 0.25) is 0 Å². The Balaban J connectivity index is 2.11. The van der Waals surface area contributed by atoms with Crippen molar-refractivity contribution in [1.82, 2.24) is 9.97 Å². The summed E-state index contributed by atoms with van der Waals surface area (Å²) >= 11 is 0. The van der Waals surface area contributed by atoms with Gasteiger partial charge in [-0.2, -0.15) is 10.4 Å². The van der Waals surface area contributed by atoms with E-state index in [1.165, 1.54) is 6.33 Å². The Kier molecular flexibility index (Phi) is 4.46. The molecule has 1 aromatic carbocycles. The molecule has 9 heteroatoms. The van der Waals surface area contributed by atoms with Gasteiger partial charge in [-0.15, -0.1) is 0 Å². The minimum atomic E-state index is -0.748. The molecule has 110 valence electrons. The Hall–Kier alpha value is -3.67. The van der Waals surface area contributed by atoms with Gasteiger partial charge in [0, 0.05) is 5.69 Å². The van der Waals surface area contributed by atoms with Gasteiger partial charge >= 0.3 is 0 Å². The van der Waals surface area contributed by atoms with Crippen LogP contribution >= 0.6 is 0 Å². The first-order valence-corrected chi connectivity index (χ1v) is 6.05. The third kappa shape index (κ3) is 3.45. The largest absolute Gasteiger partial charge is 0.364 e. The number of nitrogens with two attached hydrogens (primary N) is 1. The zero-order chi connectivity index (χ0) is 15.9. The van der Waals surface area contributed by atoms with Crippen LogP contribution in [0.3, 0.4) is 0 Å². The van der Waals surface area contributed by atoms with Gasteiger partial charge in [0.15, 0.2) is 5.82 Å². The average Bonchev–Trinajstić information content (AvgIpc) is 2.97. The van der Waals surface area contributed by atoms with Gasteiger partial charge in [0.05, 0.1) is 6.33 Å². The molecule has 0 saturated heterocycles. The molecule has 1 heterocycles. The summed E-state index contributed by atoms with van der Waals surface area (Å²) in [5.41, 5.74) is 7.55. The molecular weight excluding hydrogens is 286 g/mol. The molecule has 5 N–H and O–H groups in total. The number of amides is 2. The molecule has 2 amide bonds. The van der Waals surface area contributed by atoms with E-state index < -0.39 is 17.5 Å². The molecule has 22 heavy (non-hydrogen) atoms. The Bertz CT molecular complexity index is 758. The molecule has 0 aliphatic rings. The summed E-state index contributed by atoms with van der Waals surface area (Å²) in [5, 5.41) is 15.1. The van der Waals surface area contributed by atoms with Gasteiger partial charge in [-0.25, -0.2) is 4.98 Å². The molecule has 0 unspecified atom stereocenters. The molecule has 0 atom stereocenters. The Morgan fingerprint density at radius 3 is 2.68 bits per heavy atom. The highest BCUT2D eigenvalue weighted by Gasteiger charge is 2.14. The average molecular weight is 297 g/mol. The number of nitriles is 1. The van der Waals surface area contributed by atoms with E-state index in [1.54, 1.807) is 36.4 Å². The minimum Gasteiger partial charge on any atom is -0.364 e. The summed E-state index contributed by atoms with van der Waals surface area (Å²) < 4.78 is 0. The first kappa shape index (κ1) is 14.7. The molecule has 0 radical (unpaired) electrons. The lowest BCUT2D eigenvalue weighted by molar-refractivity contribution is -0.110. The molecule has 2 aromatic rings. The number of aromatic amines is 1. The van der Waals surface area contributed by atoms with Gasteiger partial charge in [0.25, 0.3) is 11.8 Å². The highest BCUT2D eigenvalue weighted by atomic mass is 16.2. The third-order valence-electron chi connectivity index (χ3n) is 2.51. The summed E-state index contributed by atoms with van der Waals surface area (Å²) in [6.07, 6.45) is 1.23. The fraction of sp³-hybridized carbons (Fsp3) is 0. The number of nitrogens with zero attached hydrogens (tertiary/aromatic N) is 3. The quantitative estimate of drug-likeness (QED) is 0.466. The smallest absolute Gasteiger partial charge is 0.287 e. The number of rotatable bonds is 5. The van der Waals surface area contributed by atoms with Gasteiger partial charge in [0.2, 0.25) is 5.71 Å². The number of carbonyl (C=O) groups is 2. The number of nitrogens with one attached hydrogen (secondary N) is 3. The van der Waals surface area contributed by atoms with Gasteiger partial charge < -0.3 is 16.0 Å². The molecule has 9 nitrogen and oxygen atoms in total. The highest BCUT2D eigenvalue weighted by molar-refractivity contribution is 6.48. The second kappa shape index (κ2) is 6.67. The van der Waals surface area contributed by atoms with Crippen molar-refractivity contribution in [2.75, 3.05) is 10.7 Å². The number of aromatic nitrogens is 2. The molecular formula is C13H11N7O2. The summed E-state index contributed by atoms with van der Waals surface area (Å²) in [6, 6.07) is 10.2. The number of anilines is 2. The number of imidazole rings is 1. The lowest BCUT2D eigenvalue weighted by Gasteiger charge is -2.03. The van der Waals surface area contributed by atoms with Crippen LogP contribution in [0, 0.1) is 11.3 Å². The van der Waals surface area contributed by atoms with Crippen LogP contribution in [0.1, 0.15) is 10.5 Å². The fourth-order valence-corrected chi connectivity index (χ4v) is 1.51. The number of hydrogen-bond acceptors (Lipinski definition) is 6. The zero-order valence-corrected chi connectivity index (χ0v) is 11.2. The maximum atomic E-state index is 11.9. The predicted molar refractivity (Wildman–Crippen MR) is 78.8 cm³/mol. The van der Waals surface area contributed by atoms with E-state index in [0.717, 1.165) is 0 Å². The van der Waals surface area contributed by atoms with Crippen LogP contribution in [-0.2, 0) is 4.79 Å². The van der Waals surface area contributed by atoms with Crippen LogP contribution in [0.4, 0.5) is 11.5 Å². The monoisotopic (exact) mass is 297 g/mol. The summed E-state index contributed by atoms with van der Waals surface area (Å²) in [7, 11) is 0. The summed E-state index contributed by atoms with van der Waals surface area (Å²) in [5.74, 6) is -1.42. The first-order valence-electron chi connectivity index (χ1n) is 6.05. The normalized spacial score (nSPS) is 10.6. The number of carbonyl (C=O) groups excluding carboxylic acids is 2. The first-order chi connectivity index (χ1) is 10.6. The summed E-state index contributed by atoms with van der Waals surface area (Å²) in [4.78, 5) is 29.3. The number of hydrazone groups is 1. The standard InChI is InChI=1S/C13H11N7O2/c14-6-9(13(22)18-8-4-2-1-3-5-8)19-20-12-10(11(15)21)16-7-17-12/h1-5,7,20H,(H2,15,21)(H,16,17)(H,18,22)/b19-9+. The number of primary amides is 1. The maximum absolute atomic E-state index is 11.9. The lowest BCUT2D eigenvalue weighted by atomic mass is 10.3. The van der Waals surface area contributed by atoms with Crippen molar-refractivity contribution in [3.63, 3.8) is 0 Å². The summed E-state index contributed by atoms with van der Waals surface area (Å²) in [6.45, 7) is 0. The van der Waals surface area contributed by atoms with Crippen LogP contribution in [-0.4, -0.2) is 27.5 Å². The van der Waals surface area contributed by atoms with Crippen LogP contribution in [0.5, 0.6) is 0 Å². The number of para-hydroxylation sites is 1. The molecule has 0 spiro atoms. The minimum absolute atomic E-state index is 0.00972. The molecule has 0 saturated carbocycles. The Morgan fingerprint density at radius 2 is 2.05 bits per heavy atom. The van der Waals surface area contributed by atoms with E-state index in [1.807, 2.05) is 0 Å². The third-order valence-corrected chi connectivity index (χ3v) is 2.51. The molecule has 0 aliphatic carbocycles. The number of benzene rings is 1. The Morgan fingerprint density at radius 1 is 1.32 bits per heavy atom. The van der Waals surface area contributed by atoms with E-state index in [4.69, 9.17) is 11.0 Å². The van der Waals surface area contributed by atoms with Crippen LogP contribution in [0.25, 0.3) is 0 Å². The van der Waals surface area contributed by atoms with Gasteiger partial charge in [-0.05, 0) is 12.1 Å². The van der Waals surface area contributed by atoms with Crippen molar-refractivity contribution in [2.24, 2.45) is 10.8 Å². The van der Waals surface area contributed by atoms with Crippen molar-refractivity contribution >= 4 is 29.0 Å². The fourth-order valence-electron chi connectivity index (χ4n) is 1.51. The molecule has 2 rings (SSSR count). The van der Waals surface area contributed by atoms with E-state index in [0.29, 0.717) is 5.69 Å². The molecule has 0 aliphatic heterocycles. The Labute approximate surface area is 124 Å². The van der Waals surface area contributed by atoms with E-state index in [-0.39, 0.29) is 11.5 Å². The van der Waals surface area contributed by atoms with Crippen LogP contribution in [0.15, 0.2) is 41.8 Å². The van der Waals surface area contributed by atoms with Crippen molar-refractivity contribution in [3.05, 3.63) is 42.4 Å². The maximum Gasteiger partial charge on any atom is 0.287 e. The highest BCUT2D eigenvalue weighted by Crippen LogP contribution is 2.08. The van der Waals surface area contributed by atoms with Crippen molar-refractivity contribution in [1.29, 1.82) is 5.26 Å². The SMILES string of the molecule is N#C/C(=N\Nc1nc[nH]c1C(N)=O)C(=O)Nc1ccccc1. The van der Waals surface area contributed by atoms with E-state index >= 15 is 0 Å². The molecule has 0 bridgehead atoms. The van der Waals surface area contributed by atoms with Crippen molar-refractivity contribution in [2.45, 2.75) is 0 Å². The second-order valence-corrected chi connectivity index (χ2v) is 3.99. The topological polar surface area (TPSA) is 149 Å². The van der Waals surface area contributed by atoms with Gasteiger partial charge in [0.1, 0.15) is 11.8 Å². The number of H-pyrrole nitrogens is 1. The predicted octanol–water partition coefficient (Wildman–Crippen LogP) is 0.439. The van der Waals surface area contributed by atoms with Crippen molar-refractivity contribution < 1.29 is 9.59 Å². The second-order valence-electron chi connectivity index (χ2n) is 3.99. The van der Waals surface area contributed by atoms with Gasteiger partial charge in [-0.1, -0.05) is 18.2 Å². The number of hydrogen-bond donors (Lipinski definition) is 4. The lowest BCUT2D eigenvalue weighted by Crippen LogP contribution is -2.23. The molecule has 1 aromatic heterocycles. The van der Waals surface area contributed by atoms with E-state index in [2.05, 4.69) is 25.8 Å². The molecule has 0 fully saturated rings. The zero-order valence-electron chi connectivity index (χ0n) is 11.2. The van der Waals surface area contributed by atoms with Crippen molar-refractivity contribution in [3.8, 4) is 6.07 Å². The van der Waals surface area contributed by atoms with Gasteiger partial charge in [-0.3, -0.25) is 15.0 Å².